The standard InChI is InChI=1S/C20H22F4N4O4/c1-30-11-16(12-3-4-17(14(21)7-12)32-20(22,23)24)27-19(29)15-8-25-9-18(26-15)28-6-5-13(10-28)31-2/h3-4,7-9,13,16H,5-6,10-11H2,1-2H3,(H,27,29)/t13-,16+/m0/s1. The Morgan fingerprint density at radius 1 is 1.31 bits per heavy atom. The molecule has 1 aliphatic rings. The lowest BCUT2D eigenvalue weighted by Crippen LogP contribution is -2.32. The van der Waals surface area contributed by atoms with Crippen molar-refractivity contribution in [2.45, 2.75) is 24.9 Å². The number of nitrogens with zero attached hydrogens (tertiary/aromatic N) is 3. The maximum Gasteiger partial charge on any atom is 0.573 e. The molecule has 0 saturated carbocycles. The first-order valence-electron chi connectivity index (χ1n) is 9.65. The van der Waals surface area contributed by atoms with Crippen LogP contribution in [0, 0.1) is 5.82 Å². The average molecular weight is 458 g/mol. The first-order valence-corrected chi connectivity index (χ1v) is 9.65. The third kappa shape index (κ3) is 6.04. The van der Waals surface area contributed by atoms with Crippen molar-refractivity contribution in [3.05, 3.63) is 47.7 Å². The molecular weight excluding hydrogens is 436 g/mol. The Morgan fingerprint density at radius 3 is 2.72 bits per heavy atom. The fourth-order valence-electron chi connectivity index (χ4n) is 3.31. The smallest absolute Gasteiger partial charge is 0.403 e. The van der Waals surface area contributed by atoms with Gasteiger partial charge in [0.1, 0.15) is 11.5 Å². The summed E-state index contributed by atoms with van der Waals surface area (Å²) >= 11 is 0. The van der Waals surface area contributed by atoms with Gasteiger partial charge in [-0.1, -0.05) is 6.07 Å². The lowest BCUT2D eigenvalue weighted by atomic mass is 10.1. The van der Waals surface area contributed by atoms with E-state index in [-0.39, 0.29) is 24.0 Å². The lowest BCUT2D eigenvalue weighted by Gasteiger charge is -2.20. The second kappa shape index (κ2) is 10.1. The van der Waals surface area contributed by atoms with Crippen molar-refractivity contribution in [3.63, 3.8) is 0 Å². The number of ether oxygens (including phenoxy) is 3. The topological polar surface area (TPSA) is 85.8 Å². The fourth-order valence-corrected chi connectivity index (χ4v) is 3.31. The number of hydrogen-bond acceptors (Lipinski definition) is 7. The number of benzene rings is 1. The summed E-state index contributed by atoms with van der Waals surface area (Å²) in [7, 11) is 3.00. The molecule has 1 aromatic heterocycles. The summed E-state index contributed by atoms with van der Waals surface area (Å²) in [6, 6.07) is 2.05. The Hall–Kier alpha value is -2.99. The summed E-state index contributed by atoms with van der Waals surface area (Å²) < 4.78 is 65.2. The van der Waals surface area contributed by atoms with Crippen molar-refractivity contribution in [1.82, 2.24) is 15.3 Å². The van der Waals surface area contributed by atoms with Crippen molar-refractivity contribution in [2.75, 3.05) is 38.8 Å². The predicted molar refractivity (Wildman–Crippen MR) is 105 cm³/mol. The molecule has 12 heteroatoms. The van der Waals surface area contributed by atoms with Gasteiger partial charge in [-0.3, -0.25) is 9.78 Å². The highest BCUT2D eigenvalue weighted by Gasteiger charge is 2.32. The molecule has 8 nitrogen and oxygen atoms in total. The van der Waals surface area contributed by atoms with Gasteiger partial charge in [0.2, 0.25) is 0 Å². The largest absolute Gasteiger partial charge is 0.573 e. The van der Waals surface area contributed by atoms with Gasteiger partial charge < -0.3 is 24.4 Å². The van der Waals surface area contributed by atoms with Gasteiger partial charge in [-0.05, 0) is 24.1 Å². The third-order valence-corrected chi connectivity index (χ3v) is 4.88. The summed E-state index contributed by atoms with van der Waals surface area (Å²) in [5.41, 5.74) is 0.223. The Kier molecular flexibility index (Phi) is 7.46. The molecule has 1 N–H and O–H groups in total. The average Bonchev–Trinajstić information content (AvgIpc) is 3.23. The molecule has 2 aromatic rings. The number of hydrogen-bond donors (Lipinski definition) is 1. The van der Waals surface area contributed by atoms with Crippen molar-refractivity contribution >= 4 is 11.7 Å². The van der Waals surface area contributed by atoms with Gasteiger partial charge in [-0.15, -0.1) is 13.2 Å². The van der Waals surface area contributed by atoms with E-state index in [4.69, 9.17) is 9.47 Å². The fraction of sp³-hybridized carbons (Fsp3) is 0.450. The Balaban J connectivity index is 1.74. The SMILES string of the molecule is COC[C@@H](NC(=O)c1cncc(N2CC[C@H](OC)C2)n1)c1ccc(OC(F)(F)F)c(F)c1. The number of amides is 1. The van der Waals surface area contributed by atoms with Crippen LogP contribution in [0.15, 0.2) is 30.6 Å². The minimum absolute atomic E-state index is 0.0296. The number of anilines is 1. The van der Waals surface area contributed by atoms with Crippen molar-refractivity contribution < 1.29 is 36.6 Å². The Labute approximate surface area is 181 Å². The summed E-state index contributed by atoms with van der Waals surface area (Å²) in [4.78, 5) is 23.1. The van der Waals surface area contributed by atoms with Crippen LogP contribution in [0.3, 0.4) is 0 Å². The van der Waals surface area contributed by atoms with E-state index < -0.39 is 29.9 Å². The van der Waals surface area contributed by atoms with E-state index in [2.05, 4.69) is 20.0 Å². The summed E-state index contributed by atoms with van der Waals surface area (Å²) in [6.07, 6.45) is -1.31. The molecule has 3 rings (SSSR count). The quantitative estimate of drug-likeness (QED) is 0.609. The first kappa shape index (κ1) is 23.7. The summed E-state index contributed by atoms with van der Waals surface area (Å²) in [5, 5.41) is 2.64. The summed E-state index contributed by atoms with van der Waals surface area (Å²) in [6.45, 7) is 1.27. The first-order chi connectivity index (χ1) is 15.2. The van der Waals surface area contributed by atoms with Gasteiger partial charge >= 0.3 is 6.36 Å². The van der Waals surface area contributed by atoms with Crippen LogP contribution in [0.25, 0.3) is 0 Å². The van der Waals surface area contributed by atoms with Gasteiger partial charge in [-0.25, -0.2) is 9.37 Å². The van der Waals surface area contributed by atoms with Crippen LogP contribution in [0.5, 0.6) is 5.75 Å². The van der Waals surface area contributed by atoms with Gasteiger partial charge in [0.25, 0.3) is 5.91 Å². The van der Waals surface area contributed by atoms with E-state index in [0.717, 1.165) is 18.6 Å². The number of methoxy groups -OCH3 is 2. The zero-order chi connectivity index (χ0) is 23.3. The molecule has 0 aliphatic carbocycles. The highest BCUT2D eigenvalue weighted by atomic mass is 19.4. The molecule has 2 atom stereocenters. The molecule has 0 unspecified atom stereocenters. The number of halogens is 4. The van der Waals surface area contributed by atoms with E-state index in [1.165, 1.54) is 25.6 Å². The molecular formula is C20H22F4N4O4. The molecule has 1 fully saturated rings. The minimum Gasteiger partial charge on any atom is -0.403 e. The molecule has 2 heterocycles. The maximum absolute atomic E-state index is 14.1. The van der Waals surface area contributed by atoms with E-state index in [1.54, 1.807) is 7.11 Å². The van der Waals surface area contributed by atoms with Crippen LogP contribution < -0.4 is 15.0 Å². The maximum atomic E-state index is 14.1. The molecule has 1 aromatic carbocycles. The highest BCUT2D eigenvalue weighted by molar-refractivity contribution is 5.92. The van der Waals surface area contributed by atoms with Gasteiger partial charge in [-0.2, -0.15) is 0 Å². The number of carbonyl (C=O) groups excluding carboxylic acids is 1. The normalized spacial score (nSPS) is 17.3. The number of rotatable bonds is 8. The highest BCUT2D eigenvalue weighted by Crippen LogP contribution is 2.28. The lowest BCUT2D eigenvalue weighted by molar-refractivity contribution is -0.275. The monoisotopic (exact) mass is 458 g/mol. The van der Waals surface area contributed by atoms with E-state index in [9.17, 15) is 22.4 Å². The number of alkyl halides is 3. The Morgan fingerprint density at radius 2 is 2.09 bits per heavy atom. The second-order valence-electron chi connectivity index (χ2n) is 7.07. The van der Waals surface area contributed by atoms with Crippen molar-refractivity contribution in [2.24, 2.45) is 0 Å². The van der Waals surface area contributed by atoms with E-state index >= 15 is 0 Å². The number of nitrogens with one attached hydrogen (secondary N) is 1. The molecule has 1 aliphatic heterocycles. The molecule has 1 saturated heterocycles. The molecule has 0 radical (unpaired) electrons. The number of carbonyl (C=O) groups is 1. The van der Waals surface area contributed by atoms with Gasteiger partial charge in [0.05, 0.1) is 31.1 Å². The molecule has 174 valence electrons. The molecule has 1 amide bonds. The van der Waals surface area contributed by atoms with Crippen LogP contribution in [0.4, 0.5) is 23.4 Å². The van der Waals surface area contributed by atoms with Crippen LogP contribution in [0.2, 0.25) is 0 Å². The Bertz CT molecular complexity index is 944. The minimum atomic E-state index is -5.02. The molecule has 0 bridgehead atoms. The van der Waals surface area contributed by atoms with Crippen molar-refractivity contribution in [3.8, 4) is 5.75 Å². The van der Waals surface area contributed by atoms with Gasteiger partial charge in [0.15, 0.2) is 11.6 Å². The van der Waals surface area contributed by atoms with Crippen molar-refractivity contribution in [1.29, 1.82) is 0 Å². The zero-order valence-electron chi connectivity index (χ0n) is 17.4. The molecule has 0 spiro atoms. The van der Waals surface area contributed by atoms with Crippen LogP contribution in [-0.4, -0.2) is 62.3 Å². The summed E-state index contributed by atoms with van der Waals surface area (Å²) in [5.74, 6) is -2.28. The number of aromatic nitrogens is 2. The van der Waals surface area contributed by atoms with Crippen LogP contribution in [0.1, 0.15) is 28.5 Å². The second-order valence-corrected chi connectivity index (χ2v) is 7.07. The van der Waals surface area contributed by atoms with E-state index in [0.29, 0.717) is 18.9 Å². The van der Waals surface area contributed by atoms with Crippen LogP contribution in [-0.2, 0) is 9.47 Å². The third-order valence-electron chi connectivity index (χ3n) is 4.88. The predicted octanol–water partition coefficient (Wildman–Crippen LogP) is 2.86. The van der Waals surface area contributed by atoms with E-state index in [1.807, 2.05) is 4.90 Å². The zero-order valence-corrected chi connectivity index (χ0v) is 17.4. The van der Waals surface area contributed by atoms with Gasteiger partial charge in [0, 0.05) is 27.3 Å². The molecule has 32 heavy (non-hydrogen) atoms. The van der Waals surface area contributed by atoms with Crippen LogP contribution >= 0.6 is 0 Å².